The van der Waals surface area contributed by atoms with Crippen molar-refractivity contribution in [2.45, 2.75) is 24.9 Å². The minimum absolute atomic E-state index is 0. The molecule has 0 aliphatic carbocycles. The normalized spacial score (nSPS) is 15.0. The maximum Gasteiger partial charge on any atom is 0.240 e. The second-order valence-corrected chi connectivity index (χ2v) is 6.01. The molecule has 3 rings (SSSR count). The summed E-state index contributed by atoms with van der Waals surface area (Å²) in [5, 5.41) is 2.84. The molecular formula is C18H22Cl2FN3O3. The molecule has 1 saturated heterocycles. The van der Waals surface area contributed by atoms with Gasteiger partial charge < -0.3 is 20.5 Å². The van der Waals surface area contributed by atoms with Gasteiger partial charge in [-0.3, -0.25) is 4.79 Å². The predicted molar refractivity (Wildman–Crippen MR) is 104 cm³/mol. The average Bonchev–Trinajstić information content (AvgIpc) is 2.63. The number of pyridine rings is 1. The van der Waals surface area contributed by atoms with Gasteiger partial charge in [0.05, 0.1) is 5.54 Å². The van der Waals surface area contributed by atoms with Gasteiger partial charge in [0.25, 0.3) is 0 Å². The smallest absolute Gasteiger partial charge is 0.240 e. The Kier molecular flexibility index (Phi) is 8.92. The predicted octanol–water partition coefficient (Wildman–Crippen LogP) is 2.98. The highest BCUT2D eigenvalue weighted by Crippen LogP contribution is 2.20. The molecule has 1 aromatic heterocycles. The van der Waals surface area contributed by atoms with Crippen molar-refractivity contribution in [3.63, 3.8) is 0 Å². The maximum absolute atomic E-state index is 12.9. The number of rotatable bonds is 5. The molecule has 1 aliphatic heterocycles. The van der Waals surface area contributed by atoms with Gasteiger partial charge in [0, 0.05) is 32.0 Å². The van der Waals surface area contributed by atoms with E-state index in [1.807, 2.05) is 0 Å². The van der Waals surface area contributed by atoms with E-state index in [2.05, 4.69) is 10.3 Å². The van der Waals surface area contributed by atoms with Crippen molar-refractivity contribution in [1.29, 1.82) is 0 Å². The van der Waals surface area contributed by atoms with E-state index < -0.39 is 5.54 Å². The summed E-state index contributed by atoms with van der Waals surface area (Å²) in [7, 11) is 0. The summed E-state index contributed by atoms with van der Waals surface area (Å²) in [4.78, 5) is 16.4. The fourth-order valence-corrected chi connectivity index (χ4v) is 2.52. The molecule has 0 saturated carbocycles. The number of hydrogen-bond donors (Lipinski definition) is 2. The van der Waals surface area contributed by atoms with E-state index in [9.17, 15) is 9.18 Å². The fraction of sp³-hybridized carbons (Fsp3) is 0.333. The van der Waals surface area contributed by atoms with Gasteiger partial charge in [0.15, 0.2) is 0 Å². The number of nitrogens with one attached hydrogen (secondary N) is 1. The van der Waals surface area contributed by atoms with Crippen molar-refractivity contribution in [3.05, 3.63) is 54.0 Å². The topological polar surface area (TPSA) is 86.5 Å². The molecule has 1 aromatic carbocycles. The van der Waals surface area contributed by atoms with Crippen LogP contribution in [-0.2, 0) is 16.1 Å². The van der Waals surface area contributed by atoms with Gasteiger partial charge in [0.1, 0.15) is 11.6 Å². The zero-order valence-corrected chi connectivity index (χ0v) is 16.2. The SMILES string of the molecule is Cl.Cl.NC1(C(=O)NCc2ccc(Oc3ccc(F)cc3)nc2)CCOCC1. The highest BCUT2D eigenvalue weighted by atomic mass is 35.5. The van der Waals surface area contributed by atoms with Gasteiger partial charge >= 0.3 is 0 Å². The summed E-state index contributed by atoms with van der Waals surface area (Å²) in [6.07, 6.45) is 2.65. The van der Waals surface area contributed by atoms with Crippen molar-refractivity contribution in [1.82, 2.24) is 10.3 Å². The molecule has 3 N–H and O–H groups in total. The van der Waals surface area contributed by atoms with Gasteiger partial charge in [-0.25, -0.2) is 9.37 Å². The third-order valence-corrected chi connectivity index (χ3v) is 4.12. The minimum Gasteiger partial charge on any atom is -0.439 e. The Labute approximate surface area is 169 Å². The third kappa shape index (κ3) is 6.32. The van der Waals surface area contributed by atoms with Gasteiger partial charge in [-0.2, -0.15) is 0 Å². The van der Waals surface area contributed by atoms with Crippen molar-refractivity contribution < 1.29 is 18.7 Å². The van der Waals surface area contributed by atoms with Crippen LogP contribution in [0.25, 0.3) is 0 Å². The molecule has 1 aliphatic rings. The number of hydrogen-bond acceptors (Lipinski definition) is 5. The molecule has 6 nitrogen and oxygen atoms in total. The van der Waals surface area contributed by atoms with E-state index in [4.69, 9.17) is 15.2 Å². The molecule has 148 valence electrons. The molecule has 0 radical (unpaired) electrons. The molecule has 27 heavy (non-hydrogen) atoms. The van der Waals surface area contributed by atoms with Crippen LogP contribution in [0.1, 0.15) is 18.4 Å². The fourth-order valence-electron chi connectivity index (χ4n) is 2.52. The number of carbonyl (C=O) groups excluding carboxylic acids is 1. The lowest BCUT2D eigenvalue weighted by atomic mass is 9.90. The number of aromatic nitrogens is 1. The van der Waals surface area contributed by atoms with Crippen LogP contribution in [0.2, 0.25) is 0 Å². The van der Waals surface area contributed by atoms with Gasteiger partial charge in [-0.1, -0.05) is 6.07 Å². The van der Waals surface area contributed by atoms with E-state index in [-0.39, 0.29) is 36.5 Å². The summed E-state index contributed by atoms with van der Waals surface area (Å²) >= 11 is 0. The monoisotopic (exact) mass is 417 g/mol. The Morgan fingerprint density at radius 2 is 1.85 bits per heavy atom. The zero-order chi connectivity index (χ0) is 17.7. The number of carbonyl (C=O) groups is 1. The van der Waals surface area contributed by atoms with E-state index in [1.165, 1.54) is 24.3 Å². The number of nitrogens with two attached hydrogens (primary N) is 1. The molecular weight excluding hydrogens is 396 g/mol. The molecule has 1 amide bonds. The third-order valence-electron chi connectivity index (χ3n) is 4.12. The Bertz CT molecular complexity index is 724. The molecule has 0 unspecified atom stereocenters. The van der Waals surface area contributed by atoms with Gasteiger partial charge in [0.2, 0.25) is 11.8 Å². The van der Waals surface area contributed by atoms with Crippen molar-refractivity contribution in [3.8, 4) is 11.6 Å². The lowest BCUT2D eigenvalue weighted by Crippen LogP contribution is -2.56. The van der Waals surface area contributed by atoms with Crippen LogP contribution in [0.3, 0.4) is 0 Å². The van der Waals surface area contributed by atoms with Crippen LogP contribution >= 0.6 is 24.8 Å². The quantitative estimate of drug-likeness (QED) is 0.780. The zero-order valence-electron chi connectivity index (χ0n) is 14.5. The van der Waals surface area contributed by atoms with Crippen molar-refractivity contribution in [2.75, 3.05) is 13.2 Å². The lowest BCUT2D eigenvalue weighted by molar-refractivity contribution is -0.129. The highest BCUT2D eigenvalue weighted by Gasteiger charge is 2.35. The van der Waals surface area contributed by atoms with Gasteiger partial charge in [-0.05, 0) is 42.7 Å². The first-order chi connectivity index (χ1) is 12.0. The van der Waals surface area contributed by atoms with Crippen molar-refractivity contribution in [2.24, 2.45) is 5.73 Å². The van der Waals surface area contributed by atoms with E-state index in [1.54, 1.807) is 18.3 Å². The molecule has 0 spiro atoms. The van der Waals surface area contributed by atoms with Crippen LogP contribution < -0.4 is 15.8 Å². The van der Waals surface area contributed by atoms with Crippen LogP contribution in [-0.4, -0.2) is 29.6 Å². The second-order valence-electron chi connectivity index (χ2n) is 6.01. The molecule has 0 bridgehead atoms. The number of nitrogens with zero attached hydrogens (tertiary/aromatic N) is 1. The largest absolute Gasteiger partial charge is 0.439 e. The van der Waals surface area contributed by atoms with E-state index >= 15 is 0 Å². The summed E-state index contributed by atoms with van der Waals surface area (Å²) in [6, 6.07) is 9.19. The van der Waals surface area contributed by atoms with Crippen LogP contribution in [0.4, 0.5) is 4.39 Å². The van der Waals surface area contributed by atoms with E-state index in [0.29, 0.717) is 44.2 Å². The standard InChI is InChI=1S/C18H20FN3O3.2ClH/c19-14-2-4-15(5-3-14)25-16-6-1-13(11-21-16)12-22-17(23)18(20)7-9-24-10-8-18;;/h1-6,11H,7-10,12,20H2,(H,22,23);2*1H. The molecule has 0 atom stereocenters. The number of ether oxygens (including phenoxy) is 2. The van der Waals surface area contributed by atoms with E-state index in [0.717, 1.165) is 5.56 Å². The molecule has 2 aromatic rings. The minimum atomic E-state index is -0.864. The maximum atomic E-state index is 12.9. The Morgan fingerprint density at radius 3 is 2.44 bits per heavy atom. The summed E-state index contributed by atoms with van der Waals surface area (Å²) < 4.78 is 23.6. The van der Waals surface area contributed by atoms with Crippen LogP contribution in [0.15, 0.2) is 42.6 Å². The summed E-state index contributed by atoms with van der Waals surface area (Å²) in [5.74, 6) is 0.386. The van der Waals surface area contributed by atoms with Crippen LogP contribution in [0.5, 0.6) is 11.6 Å². The summed E-state index contributed by atoms with van der Waals surface area (Å²) in [6.45, 7) is 1.34. The van der Waals surface area contributed by atoms with Gasteiger partial charge in [-0.15, -0.1) is 24.8 Å². The number of benzene rings is 1. The first-order valence-electron chi connectivity index (χ1n) is 8.08. The first kappa shape index (κ1) is 23.1. The lowest BCUT2D eigenvalue weighted by Gasteiger charge is -2.31. The molecule has 9 heteroatoms. The molecule has 1 fully saturated rings. The summed E-state index contributed by atoms with van der Waals surface area (Å²) in [5.41, 5.74) is 6.10. The second kappa shape index (κ2) is 10.4. The first-order valence-corrected chi connectivity index (χ1v) is 8.08. The Hall–Kier alpha value is -1.93. The molecule has 2 heterocycles. The Balaban J connectivity index is 0.00000182. The van der Waals surface area contributed by atoms with Crippen molar-refractivity contribution >= 4 is 30.7 Å². The highest BCUT2D eigenvalue weighted by molar-refractivity contribution is 5.86. The number of amides is 1. The average molecular weight is 418 g/mol. The number of halogens is 3. The van der Waals surface area contributed by atoms with Crippen LogP contribution in [0, 0.1) is 5.82 Å². The Morgan fingerprint density at radius 1 is 1.19 bits per heavy atom.